The number of rotatable bonds is 5. The molecule has 1 N–H and O–H groups in total. The molecule has 2 rings (SSSR count). The Labute approximate surface area is 127 Å². The minimum absolute atomic E-state index is 0.877. The van der Waals surface area contributed by atoms with Gasteiger partial charge in [0.2, 0.25) is 0 Å². The second-order valence-electron chi connectivity index (χ2n) is 5.51. The van der Waals surface area contributed by atoms with Crippen molar-refractivity contribution in [2.24, 2.45) is 0 Å². The van der Waals surface area contributed by atoms with E-state index in [1.54, 1.807) is 0 Å². The lowest BCUT2D eigenvalue weighted by Crippen LogP contribution is -1.93. The van der Waals surface area contributed by atoms with E-state index in [2.05, 4.69) is 69.3 Å². The summed E-state index contributed by atoms with van der Waals surface area (Å²) in [6, 6.07) is 15.0. The molecule has 0 radical (unpaired) electrons. The molecule has 0 saturated heterocycles. The van der Waals surface area contributed by atoms with E-state index in [4.69, 9.17) is 5.41 Å². The minimum atomic E-state index is 0.877. The van der Waals surface area contributed by atoms with Crippen LogP contribution in [-0.4, -0.2) is 6.21 Å². The van der Waals surface area contributed by atoms with Crippen LogP contribution in [0.5, 0.6) is 0 Å². The summed E-state index contributed by atoms with van der Waals surface area (Å²) in [5.74, 6) is 0. The van der Waals surface area contributed by atoms with Gasteiger partial charge in [-0.3, -0.25) is 0 Å². The molecule has 0 unspecified atom stereocenters. The average Bonchev–Trinajstić information content (AvgIpc) is 2.47. The third kappa shape index (κ3) is 3.91. The van der Waals surface area contributed by atoms with Crippen LogP contribution in [0.3, 0.4) is 0 Å². The van der Waals surface area contributed by atoms with E-state index in [1.165, 1.54) is 28.5 Å². The molecular formula is C20H23N. The highest BCUT2D eigenvalue weighted by Crippen LogP contribution is 2.19. The smallest absolute Gasteiger partial charge is 0.0253 e. The van der Waals surface area contributed by atoms with Crippen LogP contribution in [0.4, 0.5) is 0 Å². The molecule has 21 heavy (non-hydrogen) atoms. The molecule has 0 heterocycles. The van der Waals surface area contributed by atoms with Crippen molar-refractivity contribution < 1.29 is 0 Å². The van der Waals surface area contributed by atoms with Crippen LogP contribution in [-0.2, 0) is 12.8 Å². The molecule has 0 aliphatic heterocycles. The maximum absolute atomic E-state index is 7.71. The summed E-state index contributed by atoms with van der Waals surface area (Å²) in [5.41, 5.74) is 7.35. The molecule has 0 saturated carbocycles. The minimum Gasteiger partial charge on any atom is -0.308 e. The first kappa shape index (κ1) is 15.2. The van der Waals surface area contributed by atoms with E-state index in [1.807, 2.05) is 0 Å². The molecule has 2 aromatic rings. The fraction of sp³-hybridized carbons (Fsp3) is 0.250. The van der Waals surface area contributed by atoms with Crippen molar-refractivity contribution in [1.29, 1.82) is 5.41 Å². The zero-order valence-corrected chi connectivity index (χ0v) is 13.1. The summed E-state index contributed by atoms with van der Waals surface area (Å²) in [5, 5.41) is 7.71. The molecule has 0 aliphatic rings. The second kappa shape index (κ2) is 7.03. The van der Waals surface area contributed by atoms with E-state index in [0.29, 0.717) is 0 Å². The highest BCUT2D eigenvalue weighted by Gasteiger charge is 2.02. The summed E-state index contributed by atoms with van der Waals surface area (Å²) >= 11 is 0. The summed E-state index contributed by atoms with van der Waals surface area (Å²) in [6.45, 7) is 6.39. The van der Waals surface area contributed by atoms with E-state index < -0.39 is 0 Å². The molecule has 0 aliphatic carbocycles. The van der Waals surface area contributed by atoms with Crippen LogP contribution in [0.15, 0.2) is 48.5 Å². The lowest BCUT2D eigenvalue weighted by molar-refractivity contribution is 1.08. The fourth-order valence-electron chi connectivity index (χ4n) is 2.72. The van der Waals surface area contributed by atoms with E-state index >= 15 is 0 Å². The van der Waals surface area contributed by atoms with Gasteiger partial charge in [-0.05, 0) is 49.0 Å². The largest absolute Gasteiger partial charge is 0.308 e. The van der Waals surface area contributed by atoms with Gasteiger partial charge in [0.05, 0.1) is 0 Å². The van der Waals surface area contributed by atoms with Crippen LogP contribution in [0.25, 0.3) is 5.57 Å². The van der Waals surface area contributed by atoms with Gasteiger partial charge in [-0.2, -0.15) is 0 Å². The van der Waals surface area contributed by atoms with Gasteiger partial charge in [0.15, 0.2) is 0 Å². The monoisotopic (exact) mass is 277 g/mol. The maximum atomic E-state index is 7.71. The fourth-order valence-corrected chi connectivity index (χ4v) is 2.72. The molecule has 0 aromatic heterocycles. The Morgan fingerprint density at radius 1 is 1.00 bits per heavy atom. The molecule has 108 valence electrons. The Kier molecular flexibility index (Phi) is 5.10. The Balaban J connectivity index is 2.30. The maximum Gasteiger partial charge on any atom is 0.0253 e. The third-order valence-electron chi connectivity index (χ3n) is 3.75. The van der Waals surface area contributed by atoms with Crippen molar-refractivity contribution in [3.63, 3.8) is 0 Å². The van der Waals surface area contributed by atoms with E-state index in [-0.39, 0.29) is 0 Å². The Morgan fingerprint density at radius 2 is 1.62 bits per heavy atom. The number of hydrogen-bond acceptors (Lipinski definition) is 1. The molecule has 1 nitrogen and oxygen atoms in total. The van der Waals surface area contributed by atoms with Crippen molar-refractivity contribution in [2.45, 2.75) is 33.6 Å². The van der Waals surface area contributed by atoms with E-state index in [0.717, 1.165) is 24.0 Å². The van der Waals surface area contributed by atoms with Crippen LogP contribution in [0.2, 0.25) is 0 Å². The Hall–Kier alpha value is -2.15. The average molecular weight is 277 g/mol. The van der Waals surface area contributed by atoms with Crippen molar-refractivity contribution >= 4 is 11.8 Å². The van der Waals surface area contributed by atoms with Crippen LogP contribution in [0, 0.1) is 19.3 Å². The molecule has 0 fully saturated rings. The zero-order valence-electron chi connectivity index (χ0n) is 13.1. The van der Waals surface area contributed by atoms with Crippen LogP contribution < -0.4 is 0 Å². The number of hydrogen-bond donors (Lipinski definition) is 1. The molecular weight excluding hydrogens is 254 g/mol. The lowest BCUT2D eigenvalue weighted by atomic mass is 9.97. The first-order chi connectivity index (χ1) is 10.1. The van der Waals surface area contributed by atoms with Gasteiger partial charge < -0.3 is 5.41 Å². The molecule has 0 bridgehead atoms. The van der Waals surface area contributed by atoms with E-state index in [9.17, 15) is 0 Å². The van der Waals surface area contributed by atoms with Crippen molar-refractivity contribution in [1.82, 2.24) is 0 Å². The van der Waals surface area contributed by atoms with Gasteiger partial charge in [-0.25, -0.2) is 0 Å². The predicted molar refractivity (Wildman–Crippen MR) is 92.2 cm³/mol. The number of benzene rings is 2. The van der Waals surface area contributed by atoms with Gasteiger partial charge in [0.1, 0.15) is 0 Å². The first-order valence-corrected chi connectivity index (χ1v) is 7.50. The first-order valence-electron chi connectivity index (χ1n) is 7.50. The normalized spacial score (nSPS) is 11.5. The van der Waals surface area contributed by atoms with Gasteiger partial charge in [-0.1, -0.05) is 66.6 Å². The standard InChI is InChI=1S/C20H23N/c1-4-17-7-5-6-8-18(17)9-10-19(14-21)20-12-15(2)11-16(3)13-20/h5-8,10-14,21H,4,9H2,1-3H3/b19-10+,21-14?. The number of allylic oxidation sites excluding steroid dienone is 2. The van der Waals surface area contributed by atoms with Gasteiger partial charge in [0.25, 0.3) is 0 Å². The quantitative estimate of drug-likeness (QED) is 0.732. The molecule has 0 atom stereocenters. The second-order valence-corrected chi connectivity index (χ2v) is 5.51. The topological polar surface area (TPSA) is 23.9 Å². The predicted octanol–water partition coefficient (Wildman–Crippen LogP) is 5.14. The number of aryl methyl sites for hydroxylation is 3. The Bertz CT molecular complexity index is 645. The van der Waals surface area contributed by atoms with Crippen molar-refractivity contribution in [2.75, 3.05) is 0 Å². The lowest BCUT2D eigenvalue weighted by Gasteiger charge is -2.08. The summed E-state index contributed by atoms with van der Waals surface area (Å²) in [7, 11) is 0. The van der Waals surface area contributed by atoms with Crippen molar-refractivity contribution in [3.05, 3.63) is 76.4 Å². The molecule has 2 aromatic carbocycles. The van der Waals surface area contributed by atoms with Gasteiger partial charge in [-0.15, -0.1) is 0 Å². The summed E-state index contributed by atoms with van der Waals surface area (Å²) < 4.78 is 0. The molecule has 0 amide bonds. The number of nitrogens with one attached hydrogen (secondary N) is 1. The third-order valence-corrected chi connectivity index (χ3v) is 3.75. The molecule has 1 heteroatoms. The Morgan fingerprint density at radius 3 is 2.19 bits per heavy atom. The summed E-state index contributed by atoms with van der Waals surface area (Å²) in [4.78, 5) is 0. The summed E-state index contributed by atoms with van der Waals surface area (Å²) in [6.07, 6.45) is 5.55. The van der Waals surface area contributed by atoms with Crippen LogP contribution >= 0.6 is 0 Å². The highest BCUT2D eigenvalue weighted by atomic mass is 14.3. The van der Waals surface area contributed by atoms with Gasteiger partial charge >= 0.3 is 0 Å². The van der Waals surface area contributed by atoms with Crippen LogP contribution in [0.1, 0.15) is 34.7 Å². The van der Waals surface area contributed by atoms with Gasteiger partial charge in [0, 0.05) is 6.21 Å². The highest BCUT2D eigenvalue weighted by molar-refractivity contribution is 6.08. The zero-order chi connectivity index (χ0) is 15.2. The molecule has 0 spiro atoms. The van der Waals surface area contributed by atoms with Crippen molar-refractivity contribution in [3.8, 4) is 0 Å². The SMILES string of the molecule is CCc1ccccc1C/C=C(\C=N)c1cc(C)cc(C)c1.